The molecule has 1 heterocycles. The molecule has 0 bridgehead atoms. The topological polar surface area (TPSA) is 54.7 Å². The van der Waals surface area contributed by atoms with Gasteiger partial charge in [-0.25, -0.2) is 4.98 Å². The summed E-state index contributed by atoms with van der Waals surface area (Å²) in [5, 5.41) is 0. The van der Waals surface area contributed by atoms with E-state index in [1.807, 2.05) is 24.3 Å². The zero-order valence-corrected chi connectivity index (χ0v) is 9.72. The molecule has 0 saturated heterocycles. The predicted octanol–water partition coefficient (Wildman–Crippen LogP) is 0.764. The Morgan fingerprint density at radius 1 is 1.27 bits per heavy atom. The van der Waals surface area contributed by atoms with E-state index in [0.717, 1.165) is 11.0 Å². The minimum Gasteiger partial charge on any atom is -0.369 e. The van der Waals surface area contributed by atoms with Gasteiger partial charge in [0.1, 0.15) is 0 Å². The van der Waals surface area contributed by atoms with E-state index in [2.05, 4.69) is 9.97 Å². The fourth-order valence-electron chi connectivity index (χ4n) is 0.973. The first-order valence-corrected chi connectivity index (χ1v) is 3.06. The summed E-state index contributed by atoms with van der Waals surface area (Å²) in [6.45, 7) is 0. The largest absolute Gasteiger partial charge is 0.369 e. The molecule has 0 unspecified atom stereocenters. The monoisotopic (exact) mass is 341 g/mol. The molecule has 3 nitrogen and oxygen atoms in total. The summed E-state index contributed by atoms with van der Waals surface area (Å²) in [5.41, 5.74) is 7.33. The van der Waals surface area contributed by atoms with Crippen molar-refractivity contribution < 1.29 is 0 Å². The van der Waals surface area contributed by atoms with Gasteiger partial charge in [0.15, 0.2) is 5.95 Å². The number of hydrogen-bond acceptors (Lipinski definition) is 2. The predicted molar refractivity (Wildman–Crippen MR) is 46.3 cm³/mol. The molecular formula is C7H7N3Pb. The SMILES string of the molecule is Nc1nc2ccccc2[nH]1.[Pb]. The Kier molecular flexibility index (Phi) is 2.48. The van der Waals surface area contributed by atoms with Crippen LogP contribution in [0.4, 0.5) is 5.95 Å². The third-order valence-electron chi connectivity index (χ3n) is 1.41. The molecule has 11 heavy (non-hydrogen) atoms. The number of aromatic nitrogens is 2. The summed E-state index contributed by atoms with van der Waals surface area (Å²) in [6, 6.07) is 7.74. The van der Waals surface area contributed by atoms with E-state index in [9.17, 15) is 0 Å². The number of hydrogen-bond donors (Lipinski definition) is 2. The summed E-state index contributed by atoms with van der Waals surface area (Å²) in [7, 11) is 0. The average Bonchev–Trinajstić information content (AvgIpc) is 2.27. The van der Waals surface area contributed by atoms with Crippen LogP contribution in [0, 0.1) is 0 Å². The Morgan fingerprint density at radius 3 is 2.73 bits per heavy atom. The molecule has 0 aliphatic heterocycles. The molecule has 0 aliphatic rings. The van der Waals surface area contributed by atoms with Crippen molar-refractivity contribution in [3.63, 3.8) is 0 Å². The molecule has 0 spiro atoms. The molecule has 1 aromatic carbocycles. The van der Waals surface area contributed by atoms with Crippen molar-refractivity contribution in [2.75, 3.05) is 5.73 Å². The summed E-state index contributed by atoms with van der Waals surface area (Å²) in [6.07, 6.45) is 0. The zero-order chi connectivity index (χ0) is 6.97. The molecule has 4 radical (unpaired) electrons. The standard InChI is InChI=1S/C7H7N3.Pb/c8-7-9-5-3-1-2-4-6(5)10-7;/h1-4H,(H3,8,9,10);. The van der Waals surface area contributed by atoms with E-state index in [4.69, 9.17) is 5.73 Å². The Balaban J connectivity index is 0.000000605. The molecule has 0 fully saturated rings. The first-order valence-electron chi connectivity index (χ1n) is 3.06. The molecule has 2 rings (SSSR count). The molecule has 4 heteroatoms. The molecule has 1 aromatic heterocycles. The number of aromatic amines is 1. The van der Waals surface area contributed by atoms with Gasteiger partial charge in [0.05, 0.1) is 11.0 Å². The maximum atomic E-state index is 5.42. The smallest absolute Gasteiger partial charge is 0.198 e. The van der Waals surface area contributed by atoms with E-state index >= 15 is 0 Å². The number of benzene rings is 1. The number of nitrogen functional groups attached to an aromatic ring is 1. The van der Waals surface area contributed by atoms with Crippen molar-refractivity contribution in [3.8, 4) is 0 Å². The van der Waals surface area contributed by atoms with Crippen LogP contribution >= 0.6 is 0 Å². The quantitative estimate of drug-likeness (QED) is 0.696. The number of para-hydroxylation sites is 2. The number of rotatable bonds is 0. The van der Waals surface area contributed by atoms with Gasteiger partial charge in [0, 0.05) is 27.3 Å². The van der Waals surface area contributed by atoms with Crippen molar-refractivity contribution in [2.24, 2.45) is 0 Å². The van der Waals surface area contributed by atoms with Gasteiger partial charge in [0.2, 0.25) is 0 Å². The van der Waals surface area contributed by atoms with Gasteiger partial charge in [-0.15, -0.1) is 0 Å². The maximum Gasteiger partial charge on any atom is 0.198 e. The second-order valence-corrected chi connectivity index (χ2v) is 2.14. The first-order chi connectivity index (χ1) is 4.86. The van der Waals surface area contributed by atoms with Crippen molar-refractivity contribution in [2.45, 2.75) is 0 Å². The number of H-pyrrole nitrogens is 1. The Bertz CT molecular complexity index is 322. The average molecular weight is 340 g/mol. The van der Waals surface area contributed by atoms with Gasteiger partial charge in [-0.1, -0.05) is 12.1 Å². The summed E-state index contributed by atoms with van der Waals surface area (Å²) < 4.78 is 0. The van der Waals surface area contributed by atoms with Crippen LogP contribution in [0.1, 0.15) is 0 Å². The van der Waals surface area contributed by atoms with Crippen LogP contribution in [0.25, 0.3) is 11.0 Å². The molecular weight excluding hydrogens is 333 g/mol. The van der Waals surface area contributed by atoms with Crippen LogP contribution in [0.2, 0.25) is 0 Å². The van der Waals surface area contributed by atoms with E-state index in [-0.39, 0.29) is 27.3 Å². The van der Waals surface area contributed by atoms with Gasteiger partial charge >= 0.3 is 0 Å². The number of nitrogens with two attached hydrogens (primary N) is 1. The number of fused-ring (bicyclic) bond motifs is 1. The third-order valence-corrected chi connectivity index (χ3v) is 1.41. The van der Waals surface area contributed by atoms with Gasteiger partial charge < -0.3 is 10.7 Å². The second kappa shape index (κ2) is 3.21. The molecule has 0 aliphatic carbocycles. The second-order valence-electron chi connectivity index (χ2n) is 2.14. The molecule has 54 valence electrons. The molecule has 0 atom stereocenters. The zero-order valence-electron chi connectivity index (χ0n) is 5.83. The minimum absolute atomic E-state index is 0. The summed E-state index contributed by atoms with van der Waals surface area (Å²) >= 11 is 0. The van der Waals surface area contributed by atoms with Crippen molar-refractivity contribution in [1.29, 1.82) is 0 Å². The van der Waals surface area contributed by atoms with Crippen molar-refractivity contribution >= 4 is 44.3 Å². The number of nitrogens with one attached hydrogen (secondary N) is 1. The normalized spacial score (nSPS) is 9.45. The molecule has 2 aromatic rings. The summed E-state index contributed by atoms with van der Waals surface area (Å²) in [5.74, 6) is 0.473. The Morgan fingerprint density at radius 2 is 2.00 bits per heavy atom. The number of anilines is 1. The van der Waals surface area contributed by atoms with Crippen LogP contribution in [-0.4, -0.2) is 37.3 Å². The van der Waals surface area contributed by atoms with Crippen LogP contribution < -0.4 is 5.73 Å². The van der Waals surface area contributed by atoms with E-state index in [1.165, 1.54) is 0 Å². The fourth-order valence-corrected chi connectivity index (χ4v) is 0.973. The van der Waals surface area contributed by atoms with Gasteiger partial charge in [0.25, 0.3) is 0 Å². The van der Waals surface area contributed by atoms with Gasteiger partial charge in [-0.3, -0.25) is 0 Å². The van der Waals surface area contributed by atoms with E-state index < -0.39 is 0 Å². The number of nitrogens with zero attached hydrogens (tertiary/aromatic N) is 1. The van der Waals surface area contributed by atoms with Crippen molar-refractivity contribution in [3.05, 3.63) is 24.3 Å². The van der Waals surface area contributed by atoms with Gasteiger partial charge in [-0.05, 0) is 12.1 Å². The van der Waals surface area contributed by atoms with Crippen LogP contribution in [-0.2, 0) is 0 Å². The first kappa shape index (κ1) is 8.51. The number of imidazole rings is 1. The minimum atomic E-state index is 0. The molecule has 0 saturated carbocycles. The fraction of sp³-hybridized carbons (Fsp3) is 0. The van der Waals surface area contributed by atoms with Crippen molar-refractivity contribution in [1.82, 2.24) is 9.97 Å². The molecule has 0 amide bonds. The van der Waals surface area contributed by atoms with E-state index in [1.54, 1.807) is 0 Å². The van der Waals surface area contributed by atoms with Gasteiger partial charge in [-0.2, -0.15) is 0 Å². The summed E-state index contributed by atoms with van der Waals surface area (Å²) in [4.78, 5) is 6.96. The van der Waals surface area contributed by atoms with Crippen LogP contribution in [0.5, 0.6) is 0 Å². The Hall–Kier alpha value is -0.588. The van der Waals surface area contributed by atoms with Crippen LogP contribution in [0.15, 0.2) is 24.3 Å². The van der Waals surface area contributed by atoms with E-state index in [0.29, 0.717) is 5.95 Å². The van der Waals surface area contributed by atoms with Crippen LogP contribution in [0.3, 0.4) is 0 Å². The maximum absolute atomic E-state index is 5.42. The molecule has 3 N–H and O–H groups in total. The Labute approximate surface area is 84.2 Å². The third kappa shape index (κ3) is 1.53.